The predicted molar refractivity (Wildman–Crippen MR) is 136 cm³/mol. The highest BCUT2D eigenvalue weighted by Gasteiger charge is 2.31. The summed E-state index contributed by atoms with van der Waals surface area (Å²) in [6.45, 7) is 4.92. The standard InChI is InChI=1S/C25H34FN3O6S/c1-17(2)14-27-25(31)18(3)28(15-19-9-7-8-10-21(19)26)24(30)16-29(36(6,32)33)22-12-11-20(34-4)13-23(22)35-5/h7-13,17-18H,14-16H2,1-6H3,(H,27,31)/t18-/m1/s1. The number of carbonyl (C=O) groups is 2. The van der Waals surface area contributed by atoms with E-state index in [1.807, 2.05) is 13.8 Å². The van der Waals surface area contributed by atoms with E-state index in [2.05, 4.69) is 5.32 Å². The van der Waals surface area contributed by atoms with Crippen LogP contribution in [0.4, 0.5) is 10.1 Å². The second-order valence-electron chi connectivity index (χ2n) is 8.74. The average molecular weight is 524 g/mol. The van der Waals surface area contributed by atoms with Crippen LogP contribution in [0.2, 0.25) is 0 Å². The van der Waals surface area contributed by atoms with Crippen molar-refractivity contribution in [2.45, 2.75) is 33.4 Å². The third kappa shape index (κ3) is 7.58. The van der Waals surface area contributed by atoms with Crippen LogP contribution in [0.3, 0.4) is 0 Å². The Morgan fingerprint density at radius 2 is 1.72 bits per heavy atom. The van der Waals surface area contributed by atoms with Gasteiger partial charge in [-0.25, -0.2) is 12.8 Å². The van der Waals surface area contributed by atoms with Gasteiger partial charge < -0.3 is 19.7 Å². The van der Waals surface area contributed by atoms with Crippen LogP contribution in [0.25, 0.3) is 0 Å². The van der Waals surface area contributed by atoms with E-state index in [1.165, 1.54) is 56.4 Å². The number of ether oxygens (including phenoxy) is 2. The summed E-state index contributed by atoms with van der Waals surface area (Å²) in [4.78, 5) is 27.5. The second kappa shape index (κ2) is 12.6. The fourth-order valence-corrected chi connectivity index (χ4v) is 4.28. The van der Waals surface area contributed by atoms with Crippen molar-refractivity contribution in [3.63, 3.8) is 0 Å². The number of rotatable bonds is 12. The molecule has 1 N–H and O–H groups in total. The Hall–Kier alpha value is -3.34. The van der Waals surface area contributed by atoms with Crippen LogP contribution in [0.5, 0.6) is 11.5 Å². The van der Waals surface area contributed by atoms with E-state index in [4.69, 9.17) is 9.47 Å². The van der Waals surface area contributed by atoms with E-state index in [-0.39, 0.29) is 29.5 Å². The van der Waals surface area contributed by atoms with Gasteiger partial charge in [-0.15, -0.1) is 0 Å². The zero-order valence-electron chi connectivity index (χ0n) is 21.4. The van der Waals surface area contributed by atoms with Gasteiger partial charge in [0.2, 0.25) is 21.8 Å². The second-order valence-corrected chi connectivity index (χ2v) is 10.6. The summed E-state index contributed by atoms with van der Waals surface area (Å²) >= 11 is 0. The van der Waals surface area contributed by atoms with E-state index in [9.17, 15) is 22.4 Å². The summed E-state index contributed by atoms with van der Waals surface area (Å²) < 4.78 is 51.3. The van der Waals surface area contributed by atoms with Crippen LogP contribution in [0.15, 0.2) is 42.5 Å². The minimum Gasteiger partial charge on any atom is -0.497 e. The molecule has 9 nitrogen and oxygen atoms in total. The summed E-state index contributed by atoms with van der Waals surface area (Å²) in [6.07, 6.45) is 0.962. The van der Waals surface area contributed by atoms with Crippen LogP contribution in [-0.4, -0.2) is 64.7 Å². The number of anilines is 1. The van der Waals surface area contributed by atoms with Crippen molar-refractivity contribution in [1.82, 2.24) is 10.2 Å². The molecule has 198 valence electrons. The molecule has 2 amide bonds. The Bertz CT molecular complexity index is 1170. The van der Waals surface area contributed by atoms with Crippen LogP contribution in [0, 0.1) is 11.7 Å². The van der Waals surface area contributed by atoms with Gasteiger partial charge in [0, 0.05) is 24.7 Å². The van der Waals surface area contributed by atoms with Crippen LogP contribution in [0.1, 0.15) is 26.3 Å². The van der Waals surface area contributed by atoms with Crippen LogP contribution in [-0.2, 0) is 26.2 Å². The number of carbonyl (C=O) groups excluding carboxylic acids is 2. The van der Waals surface area contributed by atoms with Crippen LogP contribution < -0.4 is 19.1 Å². The number of methoxy groups -OCH3 is 2. The lowest BCUT2D eigenvalue weighted by Gasteiger charge is -2.32. The summed E-state index contributed by atoms with van der Waals surface area (Å²) in [5.41, 5.74) is 0.319. The Labute approximate surface area is 212 Å². The smallest absolute Gasteiger partial charge is 0.244 e. The fourth-order valence-electron chi connectivity index (χ4n) is 3.43. The highest BCUT2D eigenvalue weighted by atomic mass is 32.2. The fraction of sp³-hybridized carbons (Fsp3) is 0.440. The molecule has 36 heavy (non-hydrogen) atoms. The molecule has 0 saturated carbocycles. The molecule has 0 aromatic heterocycles. The lowest BCUT2D eigenvalue weighted by atomic mass is 10.1. The summed E-state index contributed by atoms with van der Waals surface area (Å²) in [5, 5.41) is 2.77. The molecule has 0 fully saturated rings. The number of benzene rings is 2. The first-order valence-electron chi connectivity index (χ1n) is 11.4. The average Bonchev–Trinajstić information content (AvgIpc) is 2.83. The maximum absolute atomic E-state index is 14.4. The number of halogens is 1. The van der Waals surface area contributed by atoms with Gasteiger partial charge in [-0.3, -0.25) is 13.9 Å². The zero-order valence-corrected chi connectivity index (χ0v) is 22.3. The van der Waals surface area contributed by atoms with Crippen molar-refractivity contribution in [2.75, 3.05) is 37.9 Å². The Kier molecular flexibility index (Phi) is 10.1. The van der Waals surface area contributed by atoms with Gasteiger partial charge in [0.15, 0.2) is 0 Å². The van der Waals surface area contributed by atoms with Crippen molar-refractivity contribution >= 4 is 27.5 Å². The quantitative estimate of drug-likeness (QED) is 0.459. The molecule has 11 heteroatoms. The first-order valence-corrected chi connectivity index (χ1v) is 13.2. The number of hydrogen-bond donors (Lipinski definition) is 1. The Balaban J connectivity index is 2.45. The highest BCUT2D eigenvalue weighted by molar-refractivity contribution is 7.92. The maximum atomic E-state index is 14.4. The normalized spacial score (nSPS) is 12.1. The number of amides is 2. The van der Waals surface area contributed by atoms with E-state index in [1.54, 1.807) is 12.1 Å². The van der Waals surface area contributed by atoms with Crippen molar-refractivity contribution in [2.24, 2.45) is 5.92 Å². The molecule has 0 radical (unpaired) electrons. The van der Waals surface area contributed by atoms with Crippen molar-refractivity contribution in [3.8, 4) is 11.5 Å². The Morgan fingerprint density at radius 3 is 2.28 bits per heavy atom. The van der Waals surface area contributed by atoms with Gasteiger partial charge in [0.25, 0.3) is 0 Å². The van der Waals surface area contributed by atoms with Crippen molar-refractivity contribution in [1.29, 1.82) is 0 Å². The largest absolute Gasteiger partial charge is 0.497 e. The summed E-state index contributed by atoms with van der Waals surface area (Å²) in [7, 11) is -1.13. The van der Waals surface area contributed by atoms with E-state index in [0.717, 1.165) is 10.6 Å². The molecule has 0 spiro atoms. The first kappa shape index (κ1) is 28.9. The molecule has 0 aliphatic rings. The number of hydrogen-bond acceptors (Lipinski definition) is 6. The monoisotopic (exact) mass is 523 g/mol. The molecular formula is C25H34FN3O6S. The molecule has 0 bridgehead atoms. The topological polar surface area (TPSA) is 105 Å². The number of nitrogens with zero attached hydrogens (tertiary/aromatic N) is 2. The number of sulfonamides is 1. The van der Waals surface area contributed by atoms with Crippen LogP contribution >= 0.6 is 0 Å². The summed E-state index contributed by atoms with van der Waals surface area (Å²) in [6, 6.07) is 9.42. The number of nitrogens with one attached hydrogen (secondary N) is 1. The SMILES string of the molecule is COc1ccc(N(CC(=O)N(Cc2ccccc2F)[C@H](C)C(=O)NCC(C)C)S(C)(=O)=O)c(OC)c1. The molecule has 1 atom stereocenters. The van der Waals surface area contributed by atoms with Gasteiger partial charge in [-0.05, 0) is 31.0 Å². The van der Waals surface area contributed by atoms with Gasteiger partial charge in [0.05, 0.1) is 26.2 Å². The molecule has 2 rings (SSSR count). The molecule has 2 aromatic carbocycles. The van der Waals surface area contributed by atoms with E-state index < -0.39 is 40.2 Å². The third-order valence-corrected chi connectivity index (χ3v) is 6.61. The van der Waals surface area contributed by atoms with Gasteiger partial charge in [0.1, 0.15) is 29.9 Å². The van der Waals surface area contributed by atoms with Gasteiger partial charge >= 0.3 is 0 Å². The highest BCUT2D eigenvalue weighted by Crippen LogP contribution is 2.33. The molecule has 0 aliphatic carbocycles. The van der Waals surface area contributed by atoms with E-state index >= 15 is 0 Å². The van der Waals surface area contributed by atoms with Gasteiger partial charge in [-0.2, -0.15) is 0 Å². The lowest BCUT2D eigenvalue weighted by Crippen LogP contribution is -2.51. The first-order chi connectivity index (χ1) is 16.9. The maximum Gasteiger partial charge on any atom is 0.244 e. The molecule has 2 aromatic rings. The minimum atomic E-state index is -3.96. The van der Waals surface area contributed by atoms with Gasteiger partial charge in [-0.1, -0.05) is 32.0 Å². The molecule has 0 saturated heterocycles. The van der Waals surface area contributed by atoms with E-state index in [0.29, 0.717) is 12.3 Å². The predicted octanol–water partition coefficient (Wildman–Crippen LogP) is 2.80. The molecule has 0 heterocycles. The zero-order chi connectivity index (χ0) is 27.0. The van der Waals surface area contributed by atoms with Crippen molar-refractivity contribution < 1.29 is 31.9 Å². The minimum absolute atomic E-state index is 0.122. The van der Waals surface area contributed by atoms with Crippen molar-refractivity contribution in [3.05, 3.63) is 53.8 Å². The molecular weight excluding hydrogens is 489 g/mol. The lowest BCUT2D eigenvalue weighted by molar-refractivity contribution is -0.139. The molecule has 0 unspecified atom stereocenters. The Morgan fingerprint density at radius 1 is 1.06 bits per heavy atom. The molecule has 0 aliphatic heterocycles. The third-order valence-electron chi connectivity index (χ3n) is 5.49. The summed E-state index contributed by atoms with van der Waals surface area (Å²) in [5.74, 6) is -0.861.